The number of carbonyl (C=O) groups is 2. The maximum Gasteiger partial charge on any atom is 0.270 e. The van der Waals surface area contributed by atoms with Crippen LogP contribution in [0.2, 0.25) is 0 Å². The third-order valence-electron chi connectivity index (χ3n) is 4.57. The van der Waals surface area contributed by atoms with Crippen LogP contribution in [0, 0.1) is 10.1 Å². The minimum atomic E-state index is -4.04. The number of anilines is 1. The Morgan fingerprint density at radius 1 is 0.971 bits per heavy atom. The summed E-state index contributed by atoms with van der Waals surface area (Å²) in [5, 5.41) is 10.8. The molecule has 11 nitrogen and oxygen atoms in total. The molecule has 0 aliphatic heterocycles. The van der Waals surface area contributed by atoms with Crippen LogP contribution in [0.25, 0.3) is 6.08 Å². The van der Waals surface area contributed by atoms with Crippen molar-refractivity contribution in [3.63, 3.8) is 0 Å². The first kappa shape index (κ1) is 24.9. The number of para-hydroxylation sites is 2. The number of ether oxygens (including phenoxy) is 1. The van der Waals surface area contributed by atoms with Gasteiger partial charge in [-0.25, -0.2) is 8.42 Å². The monoisotopic (exact) mass is 496 g/mol. The van der Waals surface area contributed by atoms with Crippen LogP contribution in [-0.2, 0) is 14.8 Å². The molecule has 2 amide bonds. The van der Waals surface area contributed by atoms with Gasteiger partial charge >= 0.3 is 0 Å². The van der Waals surface area contributed by atoms with E-state index in [1.54, 1.807) is 24.3 Å². The number of sulfonamides is 1. The molecule has 0 atom stereocenters. The van der Waals surface area contributed by atoms with Crippen molar-refractivity contribution in [1.82, 2.24) is 10.9 Å². The standard InChI is InChI=1S/C23H20N4O7S/c1-34-21-11-3-2-10-20(21)26-35(32,33)19-9-5-7-17(15-19)23(29)25-24-22(28)13-12-16-6-4-8-18(14-16)27(30)31/h2-15,26H,1H3,(H,24,28)(H,25,29)/b13-12+. The number of non-ortho nitro benzene ring substituents is 1. The first-order valence-electron chi connectivity index (χ1n) is 9.98. The van der Waals surface area contributed by atoms with E-state index in [0.29, 0.717) is 11.3 Å². The SMILES string of the molecule is COc1ccccc1NS(=O)(=O)c1cccc(C(=O)NNC(=O)/C=C/c2cccc([N+](=O)[O-])c2)c1. The molecule has 3 N–H and O–H groups in total. The van der Waals surface area contributed by atoms with Crippen LogP contribution in [0.1, 0.15) is 15.9 Å². The second kappa shape index (κ2) is 10.9. The van der Waals surface area contributed by atoms with E-state index in [9.17, 15) is 28.1 Å². The highest BCUT2D eigenvalue weighted by Gasteiger charge is 2.18. The summed E-state index contributed by atoms with van der Waals surface area (Å²) in [6.45, 7) is 0. The quantitative estimate of drug-likeness (QED) is 0.246. The highest BCUT2D eigenvalue weighted by atomic mass is 32.2. The minimum absolute atomic E-state index is 0.0177. The summed E-state index contributed by atoms with van der Waals surface area (Å²) < 4.78 is 33.1. The maximum atomic E-state index is 12.8. The number of nitro groups is 1. The number of nitro benzene ring substituents is 1. The van der Waals surface area contributed by atoms with Gasteiger partial charge in [0.1, 0.15) is 5.75 Å². The van der Waals surface area contributed by atoms with Crippen LogP contribution in [0.15, 0.2) is 83.8 Å². The number of nitrogens with one attached hydrogen (secondary N) is 3. The Morgan fingerprint density at radius 3 is 2.46 bits per heavy atom. The molecule has 180 valence electrons. The van der Waals surface area contributed by atoms with Gasteiger partial charge in [-0.2, -0.15) is 0 Å². The normalized spacial score (nSPS) is 11.0. The number of carbonyl (C=O) groups excluding carboxylic acids is 2. The molecule has 0 saturated carbocycles. The third-order valence-corrected chi connectivity index (χ3v) is 5.93. The first-order chi connectivity index (χ1) is 16.7. The Morgan fingerprint density at radius 2 is 1.71 bits per heavy atom. The average molecular weight is 497 g/mol. The fourth-order valence-corrected chi connectivity index (χ4v) is 4.00. The number of nitrogens with zero attached hydrogens (tertiary/aromatic N) is 1. The number of amides is 2. The molecule has 12 heteroatoms. The second-order valence-corrected chi connectivity index (χ2v) is 8.64. The summed E-state index contributed by atoms with van der Waals surface area (Å²) in [7, 11) is -2.63. The molecule has 0 saturated heterocycles. The Hall–Kier alpha value is -4.71. The van der Waals surface area contributed by atoms with Gasteiger partial charge in [0.2, 0.25) is 0 Å². The van der Waals surface area contributed by atoms with E-state index in [0.717, 1.165) is 12.1 Å². The summed E-state index contributed by atoms with van der Waals surface area (Å²) in [6.07, 6.45) is 2.42. The van der Waals surface area contributed by atoms with E-state index in [2.05, 4.69) is 15.6 Å². The number of hydrogen-bond acceptors (Lipinski definition) is 7. The van der Waals surface area contributed by atoms with E-state index >= 15 is 0 Å². The number of hydrazine groups is 1. The summed E-state index contributed by atoms with van der Waals surface area (Å²) in [5.74, 6) is -1.13. The van der Waals surface area contributed by atoms with Crippen molar-refractivity contribution in [3.05, 3.63) is 100 Å². The van der Waals surface area contributed by atoms with Gasteiger partial charge in [0.05, 0.1) is 22.6 Å². The lowest BCUT2D eigenvalue weighted by molar-refractivity contribution is -0.384. The first-order valence-corrected chi connectivity index (χ1v) is 11.5. The molecule has 0 fully saturated rings. The fraction of sp³-hybridized carbons (Fsp3) is 0.0435. The largest absolute Gasteiger partial charge is 0.495 e. The summed E-state index contributed by atoms with van der Waals surface area (Å²) in [5.41, 5.74) is 4.84. The van der Waals surface area contributed by atoms with Crippen LogP contribution in [0.3, 0.4) is 0 Å². The predicted molar refractivity (Wildman–Crippen MR) is 128 cm³/mol. The fourth-order valence-electron chi connectivity index (χ4n) is 2.88. The molecule has 3 rings (SSSR count). The molecule has 0 aliphatic rings. The van der Waals surface area contributed by atoms with Crippen LogP contribution < -0.4 is 20.3 Å². The predicted octanol–water partition coefficient (Wildman–Crippen LogP) is 2.88. The van der Waals surface area contributed by atoms with Gasteiger partial charge in [-0.3, -0.25) is 35.3 Å². The van der Waals surface area contributed by atoms with Gasteiger partial charge in [-0.1, -0.05) is 30.3 Å². The van der Waals surface area contributed by atoms with Crippen molar-refractivity contribution in [3.8, 4) is 5.75 Å². The number of rotatable bonds is 8. The molecule has 35 heavy (non-hydrogen) atoms. The van der Waals surface area contributed by atoms with Crippen molar-refractivity contribution >= 4 is 39.3 Å². The van der Waals surface area contributed by atoms with E-state index in [4.69, 9.17) is 4.74 Å². The minimum Gasteiger partial charge on any atom is -0.495 e. The molecule has 0 unspecified atom stereocenters. The zero-order valence-electron chi connectivity index (χ0n) is 18.3. The maximum absolute atomic E-state index is 12.8. The smallest absolute Gasteiger partial charge is 0.270 e. The molecule has 0 radical (unpaired) electrons. The Bertz CT molecular complexity index is 1400. The van der Waals surface area contributed by atoms with Crippen molar-refractivity contribution < 1.29 is 27.7 Å². The summed E-state index contributed by atoms with van der Waals surface area (Å²) in [4.78, 5) is 34.5. The van der Waals surface area contributed by atoms with Crippen molar-refractivity contribution in [2.24, 2.45) is 0 Å². The van der Waals surface area contributed by atoms with Crippen LogP contribution in [-0.4, -0.2) is 32.3 Å². The zero-order chi connectivity index (χ0) is 25.4. The number of hydrogen-bond donors (Lipinski definition) is 3. The zero-order valence-corrected chi connectivity index (χ0v) is 19.1. The van der Waals surface area contributed by atoms with Gasteiger partial charge in [0, 0.05) is 23.8 Å². The highest BCUT2D eigenvalue weighted by Crippen LogP contribution is 2.26. The number of benzene rings is 3. The van der Waals surface area contributed by atoms with Crippen molar-refractivity contribution in [1.29, 1.82) is 0 Å². The van der Waals surface area contributed by atoms with E-state index in [-0.39, 0.29) is 21.8 Å². The molecule has 0 heterocycles. The van der Waals surface area contributed by atoms with E-state index in [1.807, 2.05) is 0 Å². The lowest BCUT2D eigenvalue weighted by atomic mass is 10.2. The number of methoxy groups -OCH3 is 1. The topological polar surface area (TPSA) is 157 Å². The average Bonchev–Trinajstić information content (AvgIpc) is 2.86. The molecule has 3 aromatic rings. The van der Waals surface area contributed by atoms with Crippen LogP contribution >= 0.6 is 0 Å². The Kier molecular flexibility index (Phi) is 7.79. The molecule has 3 aromatic carbocycles. The van der Waals surface area contributed by atoms with Crippen molar-refractivity contribution in [2.75, 3.05) is 11.8 Å². The molecule has 0 bridgehead atoms. The molecular weight excluding hydrogens is 476 g/mol. The molecule has 0 spiro atoms. The Balaban J connectivity index is 1.65. The third kappa shape index (κ3) is 6.65. The lowest BCUT2D eigenvalue weighted by Gasteiger charge is -2.12. The van der Waals surface area contributed by atoms with Crippen molar-refractivity contribution in [2.45, 2.75) is 4.90 Å². The molecule has 0 aliphatic carbocycles. The Labute approximate surface area is 200 Å². The van der Waals surface area contributed by atoms with Crippen LogP contribution in [0.4, 0.5) is 11.4 Å². The van der Waals surface area contributed by atoms with Gasteiger partial charge in [-0.05, 0) is 42.0 Å². The highest BCUT2D eigenvalue weighted by molar-refractivity contribution is 7.92. The van der Waals surface area contributed by atoms with Gasteiger partial charge in [-0.15, -0.1) is 0 Å². The summed E-state index contributed by atoms with van der Waals surface area (Å²) >= 11 is 0. The van der Waals surface area contributed by atoms with E-state index in [1.165, 1.54) is 55.7 Å². The van der Waals surface area contributed by atoms with Crippen LogP contribution in [0.5, 0.6) is 5.75 Å². The molecular formula is C23H20N4O7S. The van der Waals surface area contributed by atoms with Gasteiger partial charge < -0.3 is 4.74 Å². The van der Waals surface area contributed by atoms with E-state index < -0.39 is 26.8 Å². The lowest BCUT2D eigenvalue weighted by Crippen LogP contribution is -2.40. The molecule has 0 aromatic heterocycles. The van der Waals surface area contributed by atoms with Gasteiger partial charge in [0.15, 0.2) is 0 Å². The second-order valence-electron chi connectivity index (χ2n) is 6.96. The van der Waals surface area contributed by atoms with Gasteiger partial charge in [0.25, 0.3) is 27.5 Å². The summed E-state index contributed by atoms with van der Waals surface area (Å²) in [6, 6.07) is 17.3.